The van der Waals surface area contributed by atoms with Gasteiger partial charge in [0.15, 0.2) is 25.2 Å². The number of allylic oxidation sites excluding steroid dienone is 1. The highest BCUT2D eigenvalue weighted by Gasteiger charge is 2.79. The lowest BCUT2D eigenvalue weighted by Crippen LogP contribution is -2.67. The molecule has 3 saturated carbocycles. The zero-order chi connectivity index (χ0) is 58.6. The van der Waals surface area contributed by atoms with E-state index in [1.807, 2.05) is 6.08 Å². The Morgan fingerprint density at radius 3 is 1.90 bits per heavy atom. The molecule has 5 saturated heterocycles. The van der Waals surface area contributed by atoms with Crippen LogP contribution in [0.15, 0.2) is 11.6 Å². The van der Waals surface area contributed by atoms with Crippen molar-refractivity contribution in [1.29, 1.82) is 0 Å². The van der Waals surface area contributed by atoms with E-state index in [1.165, 1.54) is 14.0 Å². The Hall–Kier alpha value is -1.68. The second kappa shape index (κ2) is 23.2. The summed E-state index contributed by atoms with van der Waals surface area (Å²) in [4.78, 5) is 14.4. The van der Waals surface area contributed by atoms with Gasteiger partial charge in [0.2, 0.25) is 0 Å². The van der Waals surface area contributed by atoms with E-state index in [-0.39, 0.29) is 23.7 Å². The van der Waals surface area contributed by atoms with Crippen LogP contribution in [0.4, 0.5) is 0 Å². The molecule has 1 spiro atoms. The summed E-state index contributed by atoms with van der Waals surface area (Å²) in [6.07, 6.45) is -24.9. The summed E-state index contributed by atoms with van der Waals surface area (Å²) in [6.45, 7) is 14.2. The first-order valence-corrected chi connectivity index (χ1v) is 29.8. The van der Waals surface area contributed by atoms with E-state index in [9.17, 15) is 68.8 Å². The minimum Gasteiger partial charge on any atom is -0.459 e. The van der Waals surface area contributed by atoms with Crippen LogP contribution in [0.5, 0.6) is 0 Å². The quantitative estimate of drug-likeness (QED) is 0.0378. The van der Waals surface area contributed by atoms with Crippen molar-refractivity contribution in [3.05, 3.63) is 11.6 Å². The molecule has 0 unspecified atom stereocenters. The first-order valence-electron chi connectivity index (χ1n) is 28.4. The highest BCUT2D eigenvalue weighted by molar-refractivity contribution is 7.80. The number of hydrogen-bond donors (Lipinski definition) is 11. The molecule has 9 rings (SSSR count). The predicted molar refractivity (Wildman–Crippen MR) is 272 cm³/mol. The van der Waals surface area contributed by atoms with Gasteiger partial charge < -0.3 is 98.4 Å². The SMILES string of the molecule is CO[C@@H]1[C@@H](O)[C@H](O[C@@H]2[C@@H](O)[C@H](O[C@H]3[C@H](O)[C@@H](O)[C@H](O[C@H]4[C@H](O[C@H]5CC[C@]6(C)C7=C[C@H](O)[C@@]89C(=O)O[C@@](C)(CCCC(C)C)[C@H]8CC[C@@]9(C)[C@@H]7CC[C@H]6C5(C)C)OC[C@@H](OS(=O)(=O)O)[C@@H]4O)O[C@@H]3C)O[C@H](CO)[C@H]2O)O[C@H](CO)[C@H]1O. The minimum absolute atomic E-state index is 0.00504. The zero-order valence-corrected chi connectivity index (χ0v) is 47.9. The Morgan fingerprint density at radius 1 is 0.688 bits per heavy atom. The van der Waals surface area contributed by atoms with Gasteiger partial charge in [-0.25, -0.2) is 4.18 Å². The van der Waals surface area contributed by atoms with Crippen LogP contribution < -0.4 is 0 Å². The molecule has 5 aliphatic heterocycles. The van der Waals surface area contributed by atoms with Crippen molar-refractivity contribution >= 4 is 16.4 Å². The van der Waals surface area contributed by atoms with Crippen LogP contribution in [-0.2, 0) is 66.7 Å². The molecule has 25 nitrogen and oxygen atoms in total. The molecule has 5 heterocycles. The van der Waals surface area contributed by atoms with Gasteiger partial charge in [-0.15, -0.1) is 0 Å². The summed E-state index contributed by atoms with van der Waals surface area (Å²) >= 11 is 0. The molecule has 0 bridgehead atoms. The fourth-order valence-electron chi connectivity index (χ4n) is 16.4. The molecule has 0 radical (unpaired) electrons. The molecule has 460 valence electrons. The molecular weight excluding hydrogens is 1080 g/mol. The fourth-order valence-corrected chi connectivity index (χ4v) is 16.9. The molecule has 11 N–H and O–H groups in total. The molecule has 0 amide bonds. The number of rotatable bonds is 17. The van der Waals surface area contributed by atoms with Gasteiger partial charge >= 0.3 is 16.4 Å². The van der Waals surface area contributed by atoms with Crippen LogP contribution >= 0.6 is 0 Å². The van der Waals surface area contributed by atoms with Gasteiger partial charge in [0, 0.05) is 13.0 Å². The average molecular weight is 1170 g/mol. The Morgan fingerprint density at radius 2 is 1.29 bits per heavy atom. The third-order valence-electron chi connectivity index (χ3n) is 20.6. The normalized spacial score (nSPS) is 51.2. The van der Waals surface area contributed by atoms with E-state index in [4.69, 9.17) is 51.6 Å². The molecule has 4 aliphatic carbocycles. The largest absolute Gasteiger partial charge is 0.459 e. The van der Waals surface area contributed by atoms with Crippen molar-refractivity contribution in [3.8, 4) is 0 Å². The van der Waals surface area contributed by atoms with E-state index >= 15 is 0 Å². The number of ether oxygens (including phenoxy) is 10. The lowest BCUT2D eigenvalue weighted by Gasteiger charge is -2.64. The van der Waals surface area contributed by atoms with Crippen molar-refractivity contribution in [2.75, 3.05) is 26.9 Å². The van der Waals surface area contributed by atoms with Crippen LogP contribution in [0.2, 0.25) is 0 Å². The summed E-state index contributed by atoms with van der Waals surface area (Å²) in [5, 5.41) is 112. The molecule has 80 heavy (non-hydrogen) atoms. The van der Waals surface area contributed by atoms with Crippen molar-refractivity contribution in [2.24, 2.45) is 45.3 Å². The predicted octanol–water partition coefficient (Wildman–Crippen LogP) is -0.510. The molecular formula is C54H88O25S. The number of aliphatic hydroxyl groups excluding tert-OH is 10. The second-order valence-electron chi connectivity index (χ2n) is 25.9. The van der Waals surface area contributed by atoms with E-state index in [0.29, 0.717) is 18.8 Å². The first-order chi connectivity index (χ1) is 37.4. The topological polar surface area (TPSA) is 375 Å². The van der Waals surface area contributed by atoms with Gasteiger partial charge in [-0.3, -0.25) is 9.35 Å². The molecule has 0 aromatic heterocycles. The number of cyclic esters (lactones) is 1. The summed E-state index contributed by atoms with van der Waals surface area (Å²) in [5.74, 6) is 0.0424. The lowest BCUT2D eigenvalue weighted by molar-refractivity contribution is -0.389. The zero-order valence-electron chi connectivity index (χ0n) is 47.0. The Bertz CT molecular complexity index is 2330. The molecule has 0 aromatic carbocycles. The van der Waals surface area contributed by atoms with E-state index in [2.05, 4.69) is 48.5 Å². The van der Waals surface area contributed by atoms with Gasteiger partial charge in [-0.1, -0.05) is 59.6 Å². The smallest absolute Gasteiger partial charge is 0.397 e. The highest BCUT2D eigenvalue weighted by atomic mass is 32.3. The van der Waals surface area contributed by atoms with Crippen molar-refractivity contribution in [2.45, 2.75) is 248 Å². The second-order valence-corrected chi connectivity index (χ2v) is 26.9. The Kier molecular flexibility index (Phi) is 18.2. The summed E-state index contributed by atoms with van der Waals surface area (Å²) in [7, 11) is -3.98. The lowest BCUT2D eigenvalue weighted by atomic mass is 9.40. The standard InChI is InChI=1S/C54H88O25S/c1-23(2)11-10-16-53(8)31-14-18-52(7)25-12-13-30-50(4,5)33(15-17-51(30,6)26(25)19-32(57)54(31,52)49(65)78-53)74-48-44(36(60)29(22-70-48)79-80(66,67)68)77-45-38(62)37(61)41(24(3)71-45)75-47-40(64)43(35(59)28(21-56)73-47)76-46-39(63)42(69-9)34(58)27(20-55)72-46/h19,23-25,27-48,55-64H,10-18,20-22H2,1-9H3,(H,66,67,68)/t24-,25-,27-,28-,29-,30+,31-,32+,33+,34-,35-,36+,37-,38-,39-,40-,41-,42+,43+,44-,45+,46+,47+,48+,51-,52+,53+,54-/m1/s1. The third kappa shape index (κ3) is 10.6. The maximum Gasteiger partial charge on any atom is 0.397 e. The monoisotopic (exact) mass is 1170 g/mol. The Balaban J connectivity index is 0.904. The minimum atomic E-state index is -5.17. The molecule has 26 heteroatoms. The molecule has 9 aliphatic rings. The van der Waals surface area contributed by atoms with E-state index in [0.717, 1.165) is 50.5 Å². The van der Waals surface area contributed by atoms with Gasteiger partial charge in [-0.2, -0.15) is 8.42 Å². The number of carbonyl (C=O) groups is 1. The van der Waals surface area contributed by atoms with Crippen LogP contribution in [0.25, 0.3) is 0 Å². The Labute approximate surface area is 467 Å². The van der Waals surface area contributed by atoms with Crippen LogP contribution in [0.3, 0.4) is 0 Å². The van der Waals surface area contributed by atoms with Crippen LogP contribution in [0, 0.1) is 45.3 Å². The number of esters is 1. The summed E-state index contributed by atoms with van der Waals surface area (Å²) in [5.41, 5.74) is -2.26. The summed E-state index contributed by atoms with van der Waals surface area (Å²) in [6, 6.07) is 0. The average Bonchev–Trinajstić information content (AvgIpc) is 2.40. The van der Waals surface area contributed by atoms with Crippen molar-refractivity contribution in [3.63, 3.8) is 0 Å². The number of aliphatic hydroxyl groups is 10. The number of methoxy groups -OCH3 is 1. The van der Waals surface area contributed by atoms with Crippen LogP contribution in [0.1, 0.15) is 113 Å². The molecule has 28 atom stereocenters. The van der Waals surface area contributed by atoms with Gasteiger partial charge in [-0.05, 0) is 99.2 Å². The number of hydrogen-bond acceptors (Lipinski definition) is 24. The molecule has 0 aromatic rings. The fraction of sp³-hybridized carbons (Fsp3) is 0.944. The van der Waals surface area contributed by atoms with E-state index in [1.54, 1.807) is 0 Å². The van der Waals surface area contributed by atoms with Crippen molar-refractivity contribution < 1.29 is 120 Å². The number of fused-ring (bicyclic) bond motifs is 4. The maximum atomic E-state index is 14.4. The first kappa shape index (κ1) is 62.8. The molecule has 8 fully saturated rings. The van der Waals surface area contributed by atoms with Crippen molar-refractivity contribution in [1.82, 2.24) is 0 Å². The maximum absolute atomic E-state index is 14.4. The van der Waals surface area contributed by atoms with Gasteiger partial charge in [0.1, 0.15) is 96.5 Å². The van der Waals surface area contributed by atoms with Crippen LogP contribution in [-0.4, -0.2) is 231 Å². The summed E-state index contributed by atoms with van der Waals surface area (Å²) < 4.78 is 98.1. The van der Waals surface area contributed by atoms with Gasteiger partial charge in [0.05, 0.1) is 38.1 Å². The van der Waals surface area contributed by atoms with E-state index < -0.39 is 186 Å². The van der Waals surface area contributed by atoms with Gasteiger partial charge in [0.25, 0.3) is 0 Å². The third-order valence-corrected chi connectivity index (χ3v) is 21.1. The number of carbonyl (C=O) groups excluding carboxylic acids is 1. The highest BCUT2D eigenvalue weighted by Crippen LogP contribution is 2.76.